The zero-order valence-electron chi connectivity index (χ0n) is 14.9. The summed E-state index contributed by atoms with van der Waals surface area (Å²) in [6, 6.07) is 8.92. The number of rotatable bonds is 5. The van der Waals surface area contributed by atoms with Crippen LogP contribution >= 0.6 is 0 Å². The Bertz CT molecular complexity index is 996. The highest BCUT2D eigenvalue weighted by molar-refractivity contribution is 5.83. The van der Waals surface area contributed by atoms with E-state index < -0.39 is 6.10 Å². The molecular weight excluding hydrogens is 332 g/mol. The van der Waals surface area contributed by atoms with Crippen LogP contribution in [0.4, 0.5) is 0 Å². The summed E-state index contributed by atoms with van der Waals surface area (Å²) in [7, 11) is 0. The van der Waals surface area contributed by atoms with Crippen molar-refractivity contribution in [2.45, 2.75) is 33.4 Å². The summed E-state index contributed by atoms with van der Waals surface area (Å²) >= 11 is 0. The summed E-state index contributed by atoms with van der Waals surface area (Å²) in [4.78, 5) is 28.1. The van der Waals surface area contributed by atoms with E-state index in [1.54, 1.807) is 38.4 Å². The van der Waals surface area contributed by atoms with Crippen molar-refractivity contribution in [3.8, 4) is 5.75 Å². The van der Waals surface area contributed by atoms with Crippen molar-refractivity contribution in [1.29, 1.82) is 0 Å². The van der Waals surface area contributed by atoms with Crippen molar-refractivity contribution in [1.82, 2.24) is 10.3 Å². The molecule has 134 valence electrons. The topological polar surface area (TPSA) is 81.4 Å². The number of fused-ring (bicyclic) bond motifs is 1. The highest BCUT2D eigenvalue weighted by Crippen LogP contribution is 2.24. The van der Waals surface area contributed by atoms with Crippen molar-refractivity contribution in [3.05, 3.63) is 69.8 Å². The van der Waals surface area contributed by atoms with E-state index in [1.807, 2.05) is 25.1 Å². The monoisotopic (exact) mass is 352 g/mol. The molecule has 3 aromatic rings. The Morgan fingerprint density at radius 1 is 1.27 bits per heavy atom. The number of carbonyl (C=O) groups is 1. The van der Waals surface area contributed by atoms with Crippen LogP contribution in [0.1, 0.15) is 23.6 Å². The third-order valence-electron chi connectivity index (χ3n) is 4.30. The Kier molecular flexibility index (Phi) is 5.02. The molecule has 2 heterocycles. The lowest BCUT2D eigenvalue weighted by molar-refractivity contribution is -0.127. The lowest BCUT2D eigenvalue weighted by Gasteiger charge is -2.15. The number of hydrogen-bond acceptors (Lipinski definition) is 5. The maximum absolute atomic E-state index is 12.2. The molecule has 1 N–H and O–H groups in total. The fourth-order valence-corrected chi connectivity index (χ4v) is 2.59. The van der Waals surface area contributed by atoms with Crippen LogP contribution in [0.2, 0.25) is 0 Å². The molecule has 1 atom stereocenters. The maximum atomic E-state index is 12.2. The first-order valence-corrected chi connectivity index (χ1v) is 8.33. The number of ether oxygens (including phenoxy) is 1. The average molecular weight is 352 g/mol. The first-order valence-electron chi connectivity index (χ1n) is 8.33. The van der Waals surface area contributed by atoms with Gasteiger partial charge in [0.2, 0.25) is 0 Å². The summed E-state index contributed by atoms with van der Waals surface area (Å²) in [6.07, 6.45) is 2.68. The van der Waals surface area contributed by atoms with E-state index in [0.717, 1.165) is 16.5 Å². The van der Waals surface area contributed by atoms with E-state index >= 15 is 0 Å². The normalized spacial score (nSPS) is 12.0. The van der Waals surface area contributed by atoms with Crippen LogP contribution in [0, 0.1) is 13.8 Å². The summed E-state index contributed by atoms with van der Waals surface area (Å²) in [5.41, 5.74) is 2.46. The van der Waals surface area contributed by atoms with Gasteiger partial charge >= 0.3 is 5.63 Å². The van der Waals surface area contributed by atoms with Gasteiger partial charge in [-0.3, -0.25) is 9.78 Å². The molecule has 6 heteroatoms. The first-order chi connectivity index (χ1) is 12.5. The number of aromatic nitrogens is 1. The van der Waals surface area contributed by atoms with Gasteiger partial charge in [-0.1, -0.05) is 6.07 Å². The van der Waals surface area contributed by atoms with Crippen LogP contribution in [0.5, 0.6) is 5.75 Å². The second-order valence-corrected chi connectivity index (χ2v) is 6.14. The Morgan fingerprint density at radius 2 is 2.08 bits per heavy atom. The van der Waals surface area contributed by atoms with Crippen LogP contribution < -0.4 is 15.7 Å². The van der Waals surface area contributed by atoms with Crippen molar-refractivity contribution in [2.24, 2.45) is 0 Å². The van der Waals surface area contributed by atoms with E-state index in [4.69, 9.17) is 9.15 Å². The van der Waals surface area contributed by atoms with Gasteiger partial charge in [0.15, 0.2) is 6.10 Å². The van der Waals surface area contributed by atoms with Crippen LogP contribution in [-0.2, 0) is 11.3 Å². The van der Waals surface area contributed by atoms with Gasteiger partial charge < -0.3 is 14.5 Å². The smallest absolute Gasteiger partial charge is 0.339 e. The second-order valence-electron chi connectivity index (χ2n) is 6.14. The van der Waals surface area contributed by atoms with Crippen LogP contribution in [0.3, 0.4) is 0 Å². The quantitative estimate of drug-likeness (QED) is 0.714. The maximum Gasteiger partial charge on any atom is 0.339 e. The molecule has 0 saturated heterocycles. The molecule has 26 heavy (non-hydrogen) atoms. The standard InChI is InChI=1S/C20H20N2O4/c1-12-13(2)20(24)26-18-9-16(6-7-17(12)18)25-14(3)19(23)22-11-15-5-4-8-21-10-15/h4-10,14H,11H2,1-3H3,(H,22,23)/t14-/m0/s1. The summed E-state index contributed by atoms with van der Waals surface area (Å²) in [5, 5.41) is 3.65. The minimum Gasteiger partial charge on any atom is -0.481 e. The van der Waals surface area contributed by atoms with Crippen LogP contribution in [0.15, 0.2) is 51.9 Å². The van der Waals surface area contributed by atoms with Crippen molar-refractivity contribution >= 4 is 16.9 Å². The summed E-state index contributed by atoms with van der Waals surface area (Å²) in [5.74, 6) is 0.225. The number of aryl methyl sites for hydroxylation is 1. The van der Waals surface area contributed by atoms with Crippen molar-refractivity contribution < 1.29 is 13.9 Å². The lowest BCUT2D eigenvalue weighted by atomic mass is 10.1. The predicted molar refractivity (Wildman–Crippen MR) is 98.1 cm³/mol. The van der Waals surface area contributed by atoms with Gasteiger partial charge in [0.05, 0.1) is 0 Å². The van der Waals surface area contributed by atoms with E-state index in [9.17, 15) is 9.59 Å². The molecule has 0 bridgehead atoms. The second kappa shape index (κ2) is 7.39. The minimum absolute atomic E-state index is 0.240. The van der Waals surface area contributed by atoms with E-state index in [2.05, 4.69) is 10.3 Å². The number of benzene rings is 1. The number of nitrogens with one attached hydrogen (secondary N) is 1. The molecular formula is C20H20N2O4. The van der Waals surface area contributed by atoms with E-state index in [0.29, 0.717) is 23.4 Å². The Morgan fingerprint density at radius 3 is 2.81 bits per heavy atom. The minimum atomic E-state index is -0.692. The van der Waals surface area contributed by atoms with Gasteiger partial charge in [0.25, 0.3) is 5.91 Å². The molecule has 1 amide bonds. The fourth-order valence-electron chi connectivity index (χ4n) is 2.59. The first kappa shape index (κ1) is 17.7. The number of carbonyl (C=O) groups excluding carboxylic acids is 1. The zero-order chi connectivity index (χ0) is 18.7. The molecule has 0 saturated carbocycles. The average Bonchev–Trinajstić information content (AvgIpc) is 2.65. The largest absolute Gasteiger partial charge is 0.481 e. The number of hydrogen-bond donors (Lipinski definition) is 1. The summed E-state index contributed by atoms with van der Waals surface area (Å²) in [6.45, 7) is 5.66. The molecule has 6 nitrogen and oxygen atoms in total. The van der Waals surface area contributed by atoms with E-state index in [-0.39, 0.29) is 11.5 Å². The fraction of sp³-hybridized carbons (Fsp3) is 0.250. The van der Waals surface area contributed by atoms with Gasteiger partial charge in [-0.25, -0.2) is 4.79 Å². The highest BCUT2D eigenvalue weighted by Gasteiger charge is 2.15. The Balaban J connectivity index is 1.70. The third kappa shape index (κ3) is 3.74. The van der Waals surface area contributed by atoms with Gasteiger partial charge in [0.1, 0.15) is 11.3 Å². The van der Waals surface area contributed by atoms with Gasteiger partial charge in [-0.15, -0.1) is 0 Å². The lowest BCUT2D eigenvalue weighted by Crippen LogP contribution is -2.35. The predicted octanol–water partition coefficient (Wildman–Crippen LogP) is 2.89. The third-order valence-corrected chi connectivity index (χ3v) is 4.30. The molecule has 0 aliphatic heterocycles. The molecule has 0 spiro atoms. The molecule has 0 fully saturated rings. The zero-order valence-corrected chi connectivity index (χ0v) is 14.9. The van der Waals surface area contributed by atoms with Gasteiger partial charge in [-0.05, 0) is 50.1 Å². The Hall–Kier alpha value is -3.15. The Labute approximate surface area is 150 Å². The molecule has 2 aromatic heterocycles. The molecule has 3 rings (SSSR count). The van der Waals surface area contributed by atoms with Gasteiger partial charge in [-0.2, -0.15) is 0 Å². The van der Waals surface area contributed by atoms with Gasteiger partial charge in [0, 0.05) is 36.0 Å². The number of pyridine rings is 1. The number of amides is 1. The molecule has 1 aromatic carbocycles. The van der Waals surface area contributed by atoms with E-state index in [1.165, 1.54) is 0 Å². The SMILES string of the molecule is Cc1c(C)c2ccc(O[C@@H](C)C(=O)NCc3cccnc3)cc2oc1=O. The summed E-state index contributed by atoms with van der Waals surface area (Å²) < 4.78 is 11.0. The number of nitrogens with zero attached hydrogens (tertiary/aromatic N) is 1. The molecule has 0 aliphatic rings. The molecule has 0 unspecified atom stereocenters. The highest BCUT2D eigenvalue weighted by atomic mass is 16.5. The van der Waals surface area contributed by atoms with Crippen LogP contribution in [-0.4, -0.2) is 17.0 Å². The van der Waals surface area contributed by atoms with Crippen molar-refractivity contribution in [3.63, 3.8) is 0 Å². The van der Waals surface area contributed by atoms with Crippen molar-refractivity contribution in [2.75, 3.05) is 0 Å². The molecule has 0 radical (unpaired) electrons. The molecule has 0 aliphatic carbocycles. The van der Waals surface area contributed by atoms with Crippen LogP contribution in [0.25, 0.3) is 11.0 Å².